The fourth-order valence-corrected chi connectivity index (χ4v) is 5.64. The minimum Gasteiger partial charge on any atom is -0.495 e. The van der Waals surface area contributed by atoms with Gasteiger partial charge in [0.1, 0.15) is 5.75 Å². The Bertz CT molecular complexity index is 704. The number of nitrogens with one attached hydrogen (secondary N) is 1. The SMILES string of the molecule is COc1ccccc1NC(=O)COC(=O)CS[C@@H]1CCS(=O)(=O)C1. The van der Waals surface area contributed by atoms with E-state index >= 15 is 0 Å². The lowest BCUT2D eigenvalue weighted by Gasteiger charge is -2.10. The number of anilines is 1. The highest BCUT2D eigenvalue weighted by molar-refractivity contribution is 8.02. The van der Waals surface area contributed by atoms with Gasteiger partial charge in [-0.1, -0.05) is 12.1 Å². The molecule has 1 aromatic carbocycles. The number of carbonyl (C=O) groups excluding carboxylic acids is 2. The van der Waals surface area contributed by atoms with E-state index in [4.69, 9.17) is 9.47 Å². The summed E-state index contributed by atoms with van der Waals surface area (Å²) < 4.78 is 32.7. The second-order valence-electron chi connectivity index (χ2n) is 5.25. The molecule has 0 unspecified atom stereocenters. The van der Waals surface area contributed by atoms with Gasteiger partial charge in [0.05, 0.1) is 30.1 Å². The van der Waals surface area contributed by atoms with Crippen LogP contribution < -0.4 is 10.1 Å². The molecule has 132 valence electrons. The maximum Gasteiger partial charge on any atom is 0.316 e. The maximum atomic E-state index is 11.8. The molecule has 0 bridgehead atoms. The van der Waals surface area contributed by atoms with Gasteiger partial charge in [-0.2, -0.15) is 0 Å². The van der Waals surface area contributed by atoms with E-state index in [9.17, 15) is 18.0 Å². The number of amides is 1. The highest BCUT2D eigenvalue weighted by Crippen LogP contribution is 2.24. The summed E-state index contributed by atoms with van der Waals surface area (Å²) in [6, 6.07) is 6.90. The summed E-state index contributed by atoms with van der Waals surface area (Å²) in [7, 11) is -1.47. The van der Waals surface area contributed by atoms with Gasteiger partial charge in [0, 0.05) is 5.25 Å². The van der Waals surface area contributed by atoms with E-state index in [1.165, 1.54) is 18.9 Å². The van der Waals surface area contributed by atoms with Crippen LogP contribution in [0, 0.1) is 0 Å². The van der Waals surface area contributed by atoms with Crippen LogP contribution in [0.1, 0.15) is 6.42 Å². The van der Waals surface area contributed by atoms with Gasteiger partial charge in [-0.05, 0) is 18.6 Å². The lowest BCUT2D eigenvalue weighted by Crippen LogP contribution is -2.22. The lowest BCUT2D eigenvalue weighted by atomic mass is 10.3. The lowest BCUT2D eigenvalue weighted by molar-refractivity contribution is -0.144. The molecule has 1 heterocycles. The fraction of sp³-hybridized carbons (Fsp3) is 0.467. The Hall–Kier alpha value is -1.74. The molecule has 1 fully saturated rings. The van der Waals surface area contributed by atoms with E-state index < -0.39 is 28.3 Å². The van der Waals surface area contributed by atoms with Crippen molar-refractivity contribution in [3.8, 4) is 5.75 Å². The van der Waals surface area contributed by atoms with Crippen molar-refractivity contribution < 1.29 is 27.5 Å². The number of esters is 1. The smallest absolute Gasteiger partial charge is 0.316 e. The quantitative estimate of drug-likeness (QED) is 0.715. The molecular weight excluding hydrogens is 354 g/mol. The van der Waals surface area contributed by atoms with E-state index in [0.29, 0.717) is 17.9 Å². The van der Waals surface area contributed by atoms with E-state index in [2.05, 4.69) is 5.32 Å². The summed E-state index contributed by atoms with van der Waals surface area (Å²) in [6.45, 7) is -0.402. The summed E-state index contributed by atoms with van der Waals surface area (Å²) >= 11 is 1.25. The van der Waals surface area contributed by atoms with Crippen molar-refractivity contribution in [1.82, 2.24) is 0 Å². The molecule has 7 nitrogen and oxygen atoms in total. The molecule has 1 aromatic rings. The van der Waals surface area contributed by atoms with Gasteiger partial charge in [0.15, 0.2) is 16.4 Å². The number of rotatable bonds is 7. The molecule has 0 aliphatic carbocycles. The van der Waals surface area contributed by atoms with Gasteiger partial charge in [-0.15, -0.1) is 11.8 Å². The van der Waals surface area contributed by atoms with Crippen LogP contribution in [0.15, 0.2) is 24.3 Å². The second kappa shape index (κ2) is 8.39. The van der Waals surface area contributed by atoms with Gasteiger partial charge in [-0.3, -0.25) is 9.59 Å². The van der Waals surface area contributed by atoms with E-state index in [1.54, 1.807) is 24.3 Å². The molecule has 1 atom stereocenters. The maximum absolute atomic E-state index is 11.8. The number of carbonyl (C=O) groups is 2. The number of hydrogen-bond donors (Lipinski definition) is 1. The zero-order valence-electron chi connectivity index (χ0n) is 13.2. The number of methoxy groups -OCH3 is 1. The molecule has 9 heteroatoms. The van der Waals surface area contributed by atoms with Crippen LogP contribution in [0.3, 0.4) is 0 Å². The summed E-state index contributed by atoms with van der Waals surface area (Å²) in [5.74, 6) is -0.210. The number of thioether (sulfide) groups is 1. The molecule has 0 aromatic heterocycles. The molecule has 0 radical (unpaired) electrons. The fourth-order valence-electron chi connectivity index (χ4n) is 2.20. The predicted molar refractivity (Wildman–Crippen MR) is 92.1 cm³/mol. The highest BCUT2D eigenvalue weighted by Gasteiger charge is 2.28. The van der Waals surface area contributed by atoms with Gasteiger partial charge >= 0.3 is 5.97 Å². The van der Waals surface area contributed by atoms with Crippen LogP contribution in [0.25, 0.3) is 0 Å². The van der Waals surface area contributed by atoms with Crippen LogP contribution in [0.5, 0.6) is 5.75 Å². The molecule has 1 aliphatic heterocycles. The molecule has 0 spiro atoms. The van der Waals surface area contributed by atoms with Crippen molar-refractivity contribution >= 4 is 39.2 Å². The number of benzene rings is 1. The van der Waals surface area contributed by atoms with Crippen LogP contribution in [0.4, 0.5) is 5.69 Å². The third-order valence-electron chi connectivity index (χ3n) is 3.37. The molecule has 1 saturated heterocycles. The monoisotopic (exact) mass is 373 g/mol. The number of ether oxygens (including phenoxy) is 2. The molecule has 1 amide bonds. The summed E-state index contributed by atoms with van der Waals surface area (Å²) in [4.78, 5) is 23.4. The normalized spacial score (nSPS) is 18.8. The van der Waals surface area contributed by atoms with E-state index in [1.807, 2.05) is 0 Å². The minimum atomic E-state index is -2.96. The van der Waals surface area contributed by atoms with Crippen molar-refractivity contribution in [2.45, 2.75) is 11.7 Å². The van der Waals surface area contributed by atoms with Gasteiger partial charge < -0.3 is 14.8 Å². The van der Waals surface area contributed by atoms with Crippen molar-refractivity contribution in [2.75, 3.05) is 36.3 Å². The first-order chi connectivity index (χ1) is 11.4. The van der Waals surface area contributed by atoms with Crippen molar-refractivity contribution in [3.63, 3.8) is 0 Å². The Labute approximate surface area is 145 Å². The van der Waals surface area contributed by atoms with Crippen molar-refractivity contribution in [3.05, 3.63) is 24.3 Å². The number of sulfone groups is 1. The van der Waals surface area contributed by atoms with E-state index in [-0.39, 0.29) is 22.5 Å². The topological polar surface area (TPSA) is 98.8 Å². The molecule has 1 N–H and O–H groups in total. The largest absolute Gasteiger partial charge is 0.495 e. The average molecular weight is 373 g/mol. The molecular formula is C15H19NO6S2. The van der Waals surface area contributed by atoms with Crippen LogP contribution in [-0.4, -0.2) is 56.5 Å². The molecule has 1 aliphatic rings. The highest BCUT2D eigenvalue weighted by atomic mass is 32.2. The van der Waals surface area contributed by atoms with Crippen LogP contribution >= 0.6 is 11.8 Å². The summed E-state index contributed by atoms with van der Waals surface area (Å²) in [6.07, 6.45) is 0.550. The number of hydrogen-bond acceptors (Lipinski definition) is 7. The van der Waals surface area contributed by atoms with E-state index in [0.717, 1.165) is 0 Å². The third-order valence-corrected chi connectivity index (χ3v) is 6.63. The van der Waals surface area contributed by atoms with Gasteiger partial charge in [0.2, 0.25) is 0 Å². The molecule has 2 rings (SSSR count). The molecule has 24 heavy (non-hydrogen) atoms. The Morgan fingerprint density at radius 1 is 1.33 bits per heavy atom. The number of para-hydroxylation sites is 2. The minimum absolute atomic E-state index is 0.0299. The van der Waals surface area contributed by atoms with Crippen molar-refractivity contribution in [2.24, 2.45) is 0 Å². The summed E-state index contributed by atoms with van der Waals surface area (Å²) in [5.41, 5.74) is 0.492. The average Bonchev–Trinajstić information content (AvgIpc) is 2.90. The standard InChI is InChI=1S/C15H19NO6S2/c1-21-13-5-3-2-4-12(13)16-14(17)8-22-15(18)9-23-11-6-7-24(19,20)10-11/h2-5,11H,6-10H2,1H3,(H,16,17)/t11-/m1/s1. The Kier molecular flexibility index (Phi) is 6.50. The first-order valence-corrected chi connectivity index (χ1v) is 10.2. The first-order valence-electron chi connectivity index (χ1n) is 7.30. The Morgan fingerprint density at radius 3 is 2.75 bits per heavy atom. The summed E-state index contributed by atoms with van der Waals surface area (Å²) in [5, 5.41) is 2.52. The van der Waals surface area contributed by atoms with Crippen LogP contribution in [0.2, 0.25) is 0 Å². The Balaban J connectivity index is 1.70. The zero-order valence-corrected chi connectivity index (χ0v) is 14.8. The van der Waals surface area contributed by atoms with Gasteiger partial charge in [-0.25, -0.2) is 8.42 Å². The first kappa shape index (κ1) is 18.6. The van der Waals surface area contributed by atoms with Crippen molar-refractivity contribution in [1.29, 1.82) is 0 Å². The zero-order chi connectivity index (χ0) is 17.6. The van der Waals surface area contributed by atoms with Crippen LogP contribution in [-0.2, 0) is 24.2 Å². The second-order valence-corrected chi connectivity index (χ2v) is 8.76. The molecule has 0 saturated carbocycles. The third kappa shape index (κ3) is 5.72. The Morgan fingerprint density at radius 2 is 2.08 bits per heavy atom. The van der Waals surface area contributed by atoms with Gasteiger partial charge in [0.25, 0.3) is 5.91 Å². The predicted octanol–water partition coefficient (Wildman–Crippen LogP) is 1.10.